The summed E-state index contributed by atoms with van der Waals surface area (Å²) in [6.45, 7) is 8.41. The van der Waals surface area contributed by atoms with E-state index in [1.807, 2.05) is 0 Å². The number of ether oxygens (including phenoxy) is 2. The van der Waals surface area contributed by atoms with E-state index < -0.39 is 0 Å². The Morgan fingerprint density at radius 3 is 2.05 bits per heavy atom. The molecular formula is C16H26O4. The first-order chi connectivity index (χ1) is 9.40. The van der Waals surface area contributed by atoms with Gasteiger partial charge in [-0.1, -0.05) is 13.8 Å². The van der Waals surface area contributed by atoms with Gasteiger partial charge < -0.3 is 9.47 Å². The molecule has 2 fully saturated rings. The largest absolute Gasteiger partial charge is 0.466 e. The molecule has 5 atom stereocenters. The third-order valence-electron chi connectivity index (χ3n) is 5.22. The van der Waals surface area contributed by atoms with E-state index in [4.69, 9.17) is 9.47 Å². The Hall–Kier alpha value is -1.06. The van der Waals surface area contributed by atoms with Gasteiger partial charge in [0.2, 0.25) is 0 Å². The second-order valence-electron chi connectivity index (χ2n) is 6.74. The summed E-state index contributed by atoms with van der Waals surface area (Å²) in [5, 5.41) is 0. The maximum Gasteiger partial charge on any atom is 0.302 e. The Morgan fingerprint density at radius 1 is 1.00 bits per heavy atom. The van der Waals surface area contributed by atoms with Gasteiger partial charge in [-0.3, -0.25) is 9.59 Å². The Kier molecular flexibility index (Phi) is 4.71. The first-order valence-electron chi connectivity index (χ1n) is 7.66. The Balaban J connectivity index is 2.03. The van der Waals surface area contributed by atoms with E-state index >= 15 is 0 Å². The van der Waals surface area contributed by atoms with Gasteiger partial charge in [0.25, 0.3) is 0 Å². The maximum absolute atomic E-state index is 11.1. The smallest absolute Gasteiger partial charge is 0.302 e. The molecule has 2 aliphatic rings. The number of carbonyl (C=O) groups excluding carboxylic acids is 2. The van der Waals surface area contributed by atoms with E-state index in [1.54, 1.807) is 0 Å². The molecular weight excluding hydrogens is 256 g/mol. The van der Waals surface area contributed by atoms with Gasteiger partial charge in [-0.05, 0) is 36.5 Å². The summed E-state index contributed by atoms with van der Waals surface area (Å²) >= 11 is 0. The van der Waals surface area contributed by atoms with Crippen molar-refractivity contribution in [2.24, 2.45) is 35.5 Å². The molecule has 2 saturated carbocycles. The lowest BCUT2D eigenvalue weighted by molar-refractivity contribution is -0.148. The van der Waals surface area contributed by atoms with Crippen LogP contribution in [0.25, 0.3) is 0 Å². The van der Waals surface area contributed by atoms with E-state index in [1.165, 1.54) is 26.7 Å². The van der Waals surface area contributed by atoms with Crippen molar-refractivity contribution in [2.75, 3.05) is 13.2 Å². The molecule has 2 bridgehead atoms. The number of hydrogen-bond acceptors (Lipinski definition) is 4. The van der Waals surface area contributed by atoms with Crippen LogP contribution < -0.4 is 0 Å². The molecule has 4 heteroatoms. The van der Waals surface area contributed by atoms with Crippen LogP contribution in [0.1, 0.15) is 40.5 Å². The molecule has 2 aliphatic carbocycles. The zero-order valence-corrected chi connectivity index (χ0v) is 12.9. The van der Waals surface area contributed by atoms with Crippen LogP contribution in [-0.2, 0) is 19.1 Å². The van der Waals surface area contributed by atoms with Crippen LogP contribution in [0, 0.1) is 35.5 Å². The molecule has 0 aromatic rings. The summed E-state index contributed by atoms with van der Waals surface area (Å²) in [5.41, 5.74) is 0. The number of esters is 2. The van der Waals surface area contributed by atoms with Crippen LogP contribution in [-0.4, -0.2) is 25.2 Å². The lowest BCUT2D eigenvalue weighted by Gasteiger charge is -2.37. The number of rotatable bonds is 5. The molecule has 20 heavy (non-hydrogen) atoms. The quantitative estimate of drug-likeness (QED) is 0.727. The van der Waals surface area contributed by atoms with E-state index in [-0.39, 0.29) is 11.9 Å². The minimum absolute atomic E-state index is 0.222. The number of fused-ring (bicyclic) bond motifs is 2. The molecule has 5 unspecified atom stereocenters. The highest BCUT2D eigenvalue weighted by atomic mass is 16.5. The van der Waals surface area contributed by atoms with E-state index in [9.17, 15) is 9.59 Å². The molecule has 0 heterocycles. The topological polar surface area (TPSA) is 52.6 Å². The molecule has 0 aliphatic heterocycles. The highest BCUT2D eigenvalue weighted by Gasteiger charge is 2.53. The van der Waals surface area contributed by atoms with E-state index in [0.29, 0.717) is 48.7 Å². The van der Waals surface area contributed by atoms with Crippen molar-refractivity contribution in [3.05, 3.63) is 0 Å². The lowest BCUT2D eigenvalue weighted by Crippen LogP contribution is -2.36. The SMILES string of the molecule is CC(=O)OCC1C2CC(C(C)C)C(C2)C1COC(C)=O. The zero-order chi connectivity index (χ0) is 14.9. The van der Waals surface area contributed by atoms with Crippen molar-refractivity contribution in [1.82, 2.24) is 0 Å². The van der Waals surface area contributed by atoms with Gasteiger partial charge in [0.1, 0.15) is 0 Å². The Bertz CT molecular complexity index is 377. The average molecular weight is 282 g/mol. The minimum atomic E-state index is -0.223. The molecule has 0 aromatic carbocycles. The molecule has 0 N–H and O–H groups in total. The fourth-order valence-electron chi connectivity index (χ4n) is 4.35. The first-order valence-corrected chi connectivity index (χ1v) is 7.66. The number of hydrogen-bond donors (Lipinski definition) is 0. The van der Waals surface area contributed by atoms with Gasteiger partial charge in [0.05, 0.1) is 13.2 Å². The lowest BCUT2D eigenvalue weighted by atomic mass is 9.71. The summed E-state index contributed by atoms with van der Waals surface area (Å²) in [7, 11) is 0. The van der Waals surface area contributed by atoms with Crippen LogP contribution in [0.2, 0.25) is 0 Å². The Morgan fingerprint density at radius 2 is 1.55 bits per heavy atom. The van der Waals surface area contributed by atoms with Crippen molar-refractivity contribution in [3.63, 3.8) is 0 Å². The van der Waals surface area contributed by atoms with Crippen molar-refractivity contribution in [2.45, 2.75) is 40.5 Å². The summed E-state index contributed by atoms with van der Waals surface area (Å²) in [6.07, 6.45) is 2.42. The van der Waals surface area contributed by atoms with Crippen molar-refractivity contribution in [1.29, 1.82) is 0 Å². The van der Waals surface area contributed by atoms with Crippen LogP contribution in [0.15, 0.2) is 0 Å². The summed E-state index contributed by atoms with van der Waals surface area (Å²) in [6, 6.07) is 0. The van der Waals surface area contributed by atoms with E-state index in [0.717, 1.165) is 0 Å². The highest BCUT2D eigenvalue weighted by molar-refractivity contribution is 5.66. The molecule has 2 rings (SSSR count). The molecule has 0 radical (unpaired) electrons. The minimum Gasteiger partial charge on any atom is -0.466 e. The second kappa shape index (κ2) is 6.15. The molecule has 4 nitrogen and oxygen atoms in total. The van der Waals surface area contributed by atoms with Crippen LogP contribution >= 0.6 is 0 Å². The van der Waals surface area contributed by atoms with Gasteiger partial charge in [0, 0.05) is 25.7 Å². The Labute approximate surface area is 121 Å². The zero-order valence-electron chi connectivity index (χ0n) is 12.9. The molecule has 0 saturated heterocycles. The van der Waals surface area contributed by atoms with Crippen LogP contribution in [0.5, 0.6) is 0 Å². The van der Waals surface area contributed by atoms with Crippen LogP contribution in [0.4, 0.5) is 0 Å². The van der Waals surface area contributed by atoms with Gasteiger partial charge in [0.15, 0.2) is 0 Å². The predicted octanol–water partition coefficient (Wildman–Crippen LogP) is 2.66. The molecule has 114 valence electrons. The third kappa shape index (κ3) is 3.15. The third-order valence-corrected chi connectivity index (χ3v) is 5.22. The fourth-order valence-corrected chi connectivity index (χ4v) is 4.35. The van der Waals surface area contributed by atoms with Crippen molar-refractivity contribution in [3.8, 4) is 0 Å². The molecule has 0 aromatic heterocycles. The van der Waals surface area contributed by atoms with Gasteiger partial charge in [-0.15, -0.1) is 0 Å². The molecule has 0 amide bonds. The van der Waals surface area contributed by atoms with Crippen molar-refractivity contribution >= 4 is 11.9 Å². The first kappa shape index (κ1) is 15.3. The molecule has 0 spiro atoms. The fraction of sp³-hybridized carbons (Fsp3) is 0.875. The maximum atomic E-state index is 11.1. The normalized spacial score (nSPS) is 35.4. The average Bonchev–Trinajstić information content (AvgIpc) is 2.91. The highest BCUT2D eigenvalue weighted by Crippen LogP contribution is 2.57. The monoisotopic (exact) mass is 282 g/mol. The second-order valence-corrected chi connectivity index (χ2v) is 6.74. The number of carbonyl (C=O) groups is 2. The predicted molar refractivity (Wildman–Crippen MR) is 74.8 cm³/mol. The van der Waals surface area contributed by atoms with Crippen molar-refractivity contribution < 1.29 is 19.1 Å². The summed E-state index contributed by atoms with van der Waals surface area (Å²) in [5.74, 6) is 2.88. The van der Waals surface area contributed by atoms with Gasteiger partial charge in [-0.2, -0.15) is 0 Å². The van der Waals surface area contributed by atoms with Gasteiger partial charge in [-0.25, -0.2) is 0 Å². The van der Waals surface area contributed by atoms with E-state index in [2.05, 4.69) is 13.8 Å². The van der Waals surface area contributed by atoms with Gasteiger partial charge >= 0.3 is 11.9 Å². The van der Waals surface area contributed by atoms with Crippen LogP contribution in [0.3, 0.4) is 0 Å². The standard InChI is InChI=1S/C16H26O4/c1-9(2)13-5-12-6-14(13)16(8-20-11(4)18)15(12)7-19-10(3)17/h9,12-16H,5-8H2,1-4H3. The summed E-state index contributed by atoms with van der Waals surface area (Å²) in [4.78, 5) is 22.1. The summed E-state index contributed by atoms with van der Waals surface area (Å²) < 4.78 is 10.5.